The molecule has 0 radical (unpaired) electrons. The number of aliphatic hydroxyl groups excluding tert-OH is 1. The Hall–Kier alpha value is -3.29. The van der Waals surface area contributed by atoms with Gasteiger partial charge in [0, 0.05) is 51.4 Å². The molecule has 2 N–H and O–H groups in total. The van der Waals surface area contributed by atoms with Gasteiger partial charge < -0.3 is 19.5 Å². The van der Waals surface area contributed by atoms with Crippen molar-refractivity contribution in [3.05, 3.63) is 66.4 Å². The van der Waals surface area contributed by atoms with E-state index in [1.54, 1.807) is 42.4 Å². The second kappa shape index (κ2) is 12.5. The number of nitrogens with one attached hydrogen (secondary N) is 1. The van der Waals surface area contributed by atoms with E-state index in [1.807, 2.05) is 30.3 Å². The molecule has 1 unspecified atom stereocenters. The Kier molecular flexibility index (Phi) is 8.81. The predicted octanol–water partition coefficient (Wildman–Crippen LogP) is 1.87. The number of ether oxygens (including phenoxy) is 2. The molecule has 0 spiro atoms. The zero-order valence-electron chi connectivity index (χ0n) is 22.5. The molecule has 2 fully saturated rings. The minimum Gasteiger partial charge on any atom is -0.483 e. The average molecular weight is 570 g/mol. The van der Waals surface area contributed by atoms with Gasteiger partial charge in [-0.15, -0.1) is 0 Å². The Morgan fingerprint density at radius 1 is 1.15 bits per heavy atom. The number of fused-ring (bicyclic) bond motifs is 1. The van der Waals surface area contributed by atoms with Gasteiger partial charge in [-0.25, -0.2) is 0 Å². The van der Waals surface area contributed by atoms with Gasteiger partial charge >= 0.3 is 10.2 Å². The number of pyridine rings is 1. The summed E-state index contributed by atoms with van der Waals surface area (Å²) in [4.78, 5) is 21.6. The van der Waals surface area contributed by atoms with Crippen molar-refractivity contribution in [1.82, 2.24) is 19.1 Å². The number of carbonyl (C=O) groups excluding carboxylic acids is 1. The highest BCUT2D eigenvalue weighted by Gasteiger charge is 2.29. The number of β-amino-alcohol motifs (C(OH)–C–C–N with tert-alkyl or cyclic N) is 1. The summed E-state index contributed by atoms with van der Waals surface area (Å²) in [6.45, 7) is 3.02. The summed E-state index contributed by atoms with van der Waals surface area (Å²) in [5.41, 5.74) is 1.76. The molecule has 2 atom stereocenters. The Bertz CT molecular complexity index is 1420. The molecular formula is C28H35N5O6S. The van der Waals surface area contributed by atoms with E-state index in [1.165, 1.54) is 4.31 Å². The van der Waals surface area contributed by atoms with E-state index in [0.29, 0.717) is 48.6 Å². The van der Waals surface area contributed by atoms with Gasteiger partial charge in [0.2, 0.25) is 0 Å². The number of nitrogens with zero attached hydrogens (tertiary/aromatic N) is 4. The lowest BCUT2D eigenvalue weighted by atomic mass is 10.0. The highest BCUT2D eigenvalue weighted by atomic mass is 32.2. The maximum absolute atomic E-state index is 13.3. The first kappa shape index (κ1) is 28.2. The third kappa shape index (κ3) is 6.53. The first-order valence-corrected chi connectivity index (χ1v) is 14.8. The van der Waals surface area contributed by atoms with Gasteiger partial charge in [0.15, 0.2) is 6.61 Å². The molecule has 12 heteroatoms. The third-order valence-corrected chi connectivity index (χ3v) is 8.88. The van der Waals surface area contributed by atoms with E-state index in [0.717, 1.165) is 18.5 Å². The molecule has 40 heavy (non-hydrogen) atoms. The number of likely N-dealkylation sites (tertiary alicyclic amines) is 1. The smallest absolute Gasteiger partial charge is 0.301 e. The van der Waals surface area contributed by atoms with Crippen LogP contribution in [0.2, 0.25) is 0 Å². The Morgan fingerprint density at radius 3 is 2.65 bits per heavy atom. The maximum Gasteiger partial charge on any atom is 0.301 e. The highest BCUT2D eigenvalue weighted by molar-refractivity contribution is 7.90. The molecule has 2 saturated heterocycles. The lowest BCUT2D eigenvalue weighted by Gasteiger charge is -2.32. The maximum atomic E-state index is 13.3. The number of morpholine rings is 1. The molecule has 2 aliphatic rings. The van der Waals surface area contributed by atoms with Crippen LogP contribution in [0.5, 0.6) is 5.75 Å². The number of hydrogen-bond donors (Lipinski definition) is 2. The summed E-state index contributed by atoms with van der Waals surface area (Å²) < 4.78 is 41.1. The predicted molar refractivity (Wildman–Crippen MR) is 151 cm³/mol. The molecular weight excluding hydrogens is 534 g/mol. The van der Waals surface area contributed by atoms with Crippen molar-refractivity contribution in [1.29, 1.82) is 0 Å². The lowest BCUT2D eigenvalue weighted by molar-refractivity contribution is -0.134. The number of aromatic nitrogens is 1. The van der Waals surface area contributed by atoms with Gasteiger partial charge in [-0.05, 0) is 36.2 Å². The Morgan fingerprint density at radius 2 is 1.93 bits per heavy atom. The molecule has 1 amide bonds. The van der Waals surface area contributed by atoms with E-state index in [-0.39, 0.29) is 37.7 Å². The minimum atomic E-state index is -3.79. The number of aliphatic hydroxyl groups is 1. The molecule has 0 aliphatic carbocycles. The molecule has 2 aliphatic heterocycles. The van der Waals surface area contributed by atoms with Crippen LogP contribution in [-0.2, 0) is 19.7 Å². The summed E-state index contributed by atoms with van der Waals surface area (Å²) in [5.74, 6) is 0.223. The molecule has 0 bridgehead atoms. The summed E-state index contributed by atoms with van der Waals surface area (Å²) in [5, 5.41) is 10.6. The van der Waals surface area contributed by atoms with Crippen LogP contribution in [0.15, 0.2) is 60.8 Å². The van der Waals surface area contributed by atoms with Gasteiger partial charge in [0.1, 0.15) is 5.75 Å². The number of rotatable bonds is 10. The Labute approximate surface area is 234 Å². The van der Waals surface area contributed by atoms with Gasteiger partial charge in [-0.2, -0.15) is 12.7 Å². The van der Waals surface area contributed by atoms with Crippen molar-refractivity contribution < 1.29 is 27.8 Å². The van der Waals surface area contributed by atoms with E-state index >= 15 is 0 Å². The van der Waals surface area contributed by atoms with Crippen molar-refractivity contribution in [3.63, 3.8) is 0 Å². The van der Waals surface area contributed by atoms with Crippen LogP contribution in [0.1, 0.15) is 18.0 Å². The number of anilines is 1. The van der Waals surface area contributed by atoms with Crippen LogP contribution in [0.25, 0.3) is 10.9 Å². The third-order valence-electron chi connectivity index (χ3n) is 7.35. The number of likely N-dealkylation sites (N-methyl/N-ethyl adjacent to an activating group) is 1. The van der Waals surface area contributed by atoms with Crippen LogP contribution in [0.3, 0.4) is 0 Å². The molecule has 3 heterocycles. The topological polar surface area (TPSA) is 125 Å². The fraction of sp³-hybridized carbons (Fsp3) is 0.429. The van der Waals surface area contributed by atoms with Crippen molar-refractivity contribution in [2.24, 2.45) is 0 Å². The fourth-order valence-corrected chi connectivity index (χ4v) is 6.31. The first-order chi connectivity index (χ1) is 19.3. The zero-order valence-corrected chi connectivity index (χ0v) is 23.3. The van der Waals surface area contributed by atoms with Crippen LogP contribution in [0, 0.1) is 0 Å². The van der Waals surface area contributed by atoms with Crippen LogP contribution < -0.4 is 9.46 Å². The van der Waals surface area contributed by atoms with Crippen molar-refractivity contribution in [2.45, 2.75) is 18.6 Å². The minimum absolute atomic E-state index is 0.203. The van der Waals surface area contributed by atoms with Crippen molar-refractivity contribution >= 4 is 32.7 Å². The van der Waals surface area contributed by atoms with Gasteiger partial charge in [-0.3, -0.25) is 19.4 Å². The molecule has 2 aromatic carbocycles. The van der Waals surface area contributed by atoms with Gasteiger partial charge in [0.05, 0.1) is 36.6 Å². The number of carbonyl (C=O) groups is 1. The second-order valence-electron chi connectivity index (χ2n) is 10.1. The van der Waals surface area contributed by atoms with E-state index < -0.39 is 10.2 Å². The lowest BCUT2D eigenvalue weighted by Crippen LogP contribution is -2.43. The van der Waals surface area contributed by atoms with E-state index in [9.17, 15) is 18.3 Å². The normalized spacial score (nSPS) is 19.4. The summed E-state index contributed by atoms with van der Waals surface area (Å²) >= 11 is 0. The summed E-state index contributed by atoms with van der Waals surface area (Å²) in [6.07, 6.45) is 1.96. The monoisotopic (exact) mass is 569 g/mol. The Balaban J connectivity index is 1.30. The quantitative estimate of drug-likeness (QED) is 0.379. The van der Waals surface area contributed by atoms with E-state index in [4.69, 9.17) is 9.47 Å². The van der Waals surface area contributed by atoms with Crippen LogP contribution >= 0.6 is 0 Å². The van der Waals surface area contributed by atoms with Crippen LogP contribution in [0.4, 0.5) is 5.69 Å². The molecule has 3 aromatic rings. The SMILES string of the molecule is CN(C(=O)COc1ccc(NS(=O)(=O)N2CCOCC2)c2ncccc12)C(CN1CC[C@H](O)C1)c1ccccc1. The number of amides is 1. The van der Waals surface area contributed by atoms with Crippen molar-refractivity contribution in [3.8, 4) is 5.75 Å². The van der Waals surface area contributed by atoms with E-state index in [2.05, 4.69) is 14.6 Å². The second-order valence-corrected chi connectivity index (χ2v) is 11.7. The number of hydrogen-bond acceptors (Lipinski definition) is 8. The van der Waals surface area contributed by atoms with Gasteiger partial charge in [0.25, 0.3) is 5.91 Å². The molecule has 11 nitrogen and oxygen atoms in total. The van der Waals surface area contributed by atoms with Gasteiger partial charge in [-0.1, -0.05) is 30.3 Å². The molecule has 214 valence electrons. The summed E-state index contributed by atoms with van der Waals surface area (Å²) in [7, 11) is -2.02. The highest BCUT2D eigenvalue weighted by Crippen LogP contribution is 2.31. The first-order valence-electron chi connectivity index (χ1n) is 13.4. The molecule has 5 rings (SSSR count). The molecule has 0 saturated carbocycles. The molecule has 1 aromatic heterocycles. The summed E-state index contributed by atoms with van der Waals surface area (Å²) in [6, 6.07) is 16.4. The largest absolute Gasteiger partial charge is 0.483 e. The fourth-order valence-electron chi connectivity index (χ4n) is 5.11. The zero-order chi connectivity index (χ0) is 28.1. The average Bonchev–Trinajstić information content (AvgIpc) is 3.40. The van der Waals surface area contributed by atoms with Crippen molar-refractivity contribution in [2.75, 3.05) is 64.3 Å². The standard InChI is InChI=1S/C28H35N5O6S/c1-31(25(21-6-3-2-4-7-21)19-32-13-11-22(34)18-32)27(35)20-39-26-10-9-24(28-23(26)8-5-12-29-28)30-40(36,37)33-14-16-38-17-15-33/h2-10,12,22,25,30,34H,11,13-20H2,1H3/t22-,25?/m0/s1. The number of benzene rings is 2. The van der Waals surface area contributed by atoms with Crippen LogP contribution in [-0.4, -0.2) is 104 Å².